The first-order chi connectivity index (χ1) is 15.3. The Morgan fingerprint density at radius 1 is 1.06 bits per heavy atom. The minimum atomic E-state index is -0.386. The lowest BCUT2D eigenvalue weighted by Gasteiger charge is -2.20. The van der Waals surface area contributed by atoms with Gasteiger partial charge in [-0.25, -0.2) is 0 Å². The molecule has 0 atom stereocenters. The Morgan fingerprint density at radius 3 is 2.53 bits per heavy atom. The maximum atomic E-state index is 12.8. The van der Waals surface area contributed by atoms with Gasteiger partial charge in [-0.1, -0.05) is 17.7 Å². The molecule has 0 unspecified atom stereocenters. The van der Waals surface area contributed by atoms with Crippen LogP contribution in [0.1, 0.15) is 40.9 Å². The van der Waals surface area contributed by atoms with Crippen molar-refractivity contribution in [1.29, 1.82) is 5.41 Å². The van der Waals surface area contributed by atoms with Crippen molar-refractivity contribution in [2.45, 2.75) is 40.5 Å². The van der Waals surface area contributed by atoms with E-state index in [1.165, 1.54) is 27.9 Å². The number of hydrazone groups is 1. The second-order valence-electron chi connectivity index (χ2n) is 8.55. The number of rotatable bonds is 2. The summed E-state index contributed by atoms with van der Waals surface area (Å²) in [5.41, 5.74) is 6.81. The van der Waals surface area contributed by atoms with E-state index in [9.17, 15) is 4.79 Å². The molecule has 0 saturated carbocycles. The molecule has 3 aliphatic rings. The summed E-state index contributed by atoms with van der Waals surface area (Å²) < 4.78 is 2.20. The molecule has 2 aromatic rings. The molecule has 3 aliphatic heterocycles. The van der Waals surface area contributed by atoms with E-state index < -0.39 is 0 Å². The molecule has 1 aromatic heterocycles. The fourth-order valence-corrected chi connectivity index (χ4v) is 5.48. The van der Waals surface area contributed by atoms with Crippen LogP contribution in [0.25, 0.3) is 11.8 Å². The fraction of sp³-hybridized carbons (Fsp3) is 0.333. The van der Waals surface area contributed by atoms with Gasteiger partial charge in [0, 0.05) is 30.2 Å². The van der Waals surface area contributed by atoms with E-state index in [2.05, 4.69) is 64.6 Å². The van der Waals surface area contributed by atoms with Crippen molar-refractivity contribution in [3.05, 3.63) is 57.9 Å². The van der Waals surface area contributed by atoms with Gasteiger partial charge in [-0.15, -0.1) is 5.10 Å². The van der Waals surface area contributed by atoms with Crippen molar-refractivity contribution < 1.29 is 4.79 Å². The predicted octanol–water partition coefficient (Wildman–Crippen LogP) is 4.38. The molecular formula is C24H26N6OS. The van der Waals surface area contributed by atoms with E-state index in [4.69, 9.17) is 5.41 Å². The van der Waals surface area contributed by atoms with Crippen LogP contribution in [0.5, 0.6) is 0 Å². The molecule has 1 aromatic carbocycles. The molecule has 164 valence electrons. The first-order valence-corrected chi connectivity index (χ1v) is 11.7. The molecule has 32 heavy (non-hydrogen) atoms. The first-order valence-electron chi connectivity index (χ1n) is 10.9. The monoisotopic (exact) mass is 446 g/mol. The SMILES string of the molecule is Cc1ccc(-n2c(C)cc(/C=C3\C(=N)N4N=C(N5CCCC5)SC4=NC3=O)c2C)c(C)c1. The summed E-state index contributed by atoms with van der Waals surface area (Å²) in [6.45, 7) is 10.2. The van der Waals surface area contributed by atoms with Crippen LogP contribution >= 0.6 is 11.8 Å². The lowest BCUT2D eigenvalue weighted by Crippen LogP contribution is -2.35. The van der Waals surface area contributed by atoms with Crippen LogP contribution in [-0.4, -0.2) is 49.6 Å². The van der Waals surface area contributed by atoms with Crippen LogP contribution in [0, 0.1) is 33.1 Å². The molecule has 0 spiro atoms. The van der Waals surface area contributed by atoms with Crippen LogP contribution in [-0.2, 0) is 4.79 Å². The van der Waals surface area contributed by atoms with E-state index >= 15 is 0 Å². The normalized spacial score (nSPS) is 19.7. The zero-order chi connectivity index (χ0) is 22.6. The topological polar surface area (TPSA) is 77.1 Å². The van der Waals surface area contributed by atoms with E-state index in [1.54, 1.807) is 6.08 Å². The maximum absolute atomic E-state index is 12.8. The van der Waals surface area contributed by atoms with Crippen molar-refractivity contribution in [2.75, 3.05) is 13.1 Å². The summed E-state index contributed by atoms with van der Waals surface area (Å²) in [6, 6.07) is 8.46. The number of hydrogen-bond acceptors (Lipinski definition) is 5. The van der Waals surface area contributed by atoms with Crippen molar-refractivity contribution in [3.8, 4) is 5.69 Å². The number of carbonyl (C=O) groups excluding carboxylic acids is 1. The molecular weight excluding hydrogens is 420 g/mol. The third-order valence-electron chi connectivity index (χ3n) is 6.18. The van der Waals surface area contributed by atoms with Crippen molar-refractivity contribution in [2.24, 2.45) is 10.1 Å². The Hall–Kier alpha value is -3.13. The second-order valence-corrected chi connectivity index (χ2v) is 9.48. The number of fused-ring (bicyclic) bond motifs is 1. The van der Waals surface area contributed by atoms with Gasteiger partial charge in [0.25, 0.3) is 5.91 Å². The standard InChI is InChI=1S/C24H26N6OS/c1-14-7-8-20(15(2)11-14)29-16(3)12-18(17(29)4)13-19-21(25)30-23(26-22(19)31)32-24(27-30)28-9-5-6-10-28/h7-8,11-13,25H,5-6,9-10H2,1-4H3/b19-13+,25-21?. The third-order valence-corrected chi connectivity index (χ3v) is 7.15. The highest BCUT2D eigenvalue weighted by Crippen LogP contribution is 2.32. The lowest BCUT2D eigenvalue weighted by atomic mass is 10.1. The number of hydrogen-bond donors (Lipinski definition) is 1. The van der Waals surface area contributed by atoms with Gasteiger partial charge in [0.15, 0.2) is 11.0 Å². The smallest absolute Gasteiger partial charge is 0.283 e. The molecule has 1 N–H and O–H groups in total. The quantitative estimate of drug-likeness (QED) is 0.695. The molecule has 1 amide bonds. The average molecular weight is 447 g/mol. The number of aryl methyl sites for hydroxylation is 3. The number of likely N-dealkylation sites (tertiary alicyclic amines) is 1. The largest absolute Gasteiger partial charge is 0.349 e. The van der Waals surface area contributed by atoms with Crippen LogP contribution in [0.4, 0.5) is 0 Å². The van der Waals surface area contributed by atoms with E-state index in [0.29, 0.717) is 5.17 Å². The molecule has 7 nitrogen and oxygen atoms in total. The number of aromatic nitrogens is 1. The highest BCUT2D eigenvalue weighted by atomic mass is 32.2. The third kappa shape index (κ3) is 3.39. The van der Waals surface area contributed by atoms with Gasteiger partial charge in [-0.05, 0) is 81.6 Å². The minimum Gasteiger partial charge on any atom is -0.349 e. The Balaban J connectivity index is 1.51. The van der Waals surface area contributed by atoms with Crippen molar-refractivity contribution in [3.63, 3.8) is 0 Å². The summed E-state index contributed by atoms with van der Waals surface area (Å²) in [6.07, 6.45) is 4.06. The highest BCUT2D eigenvalue weighted by molar-refractivity contribution is 8.26. The number of carbonyl (C=O) groups is 1. The predicted molar refractivity (Wildman–Crippen MR) is 131 cm³/mol. The van der Waals surface area contributed by atoms with Gasteiger partial charge in [0.1, 0.15) is 0 Å². The Morgan fingerprint density at radius 2 is 1.81 bits per heavy atom. The molecule has 1 fully saturated rings. The highest BCUT2D eigenvalue weighted by Gasteiger charge is 2.37. The fourth-order valence-electron chi connectivity index (χ4n) is 4.53. The van der Waals surface area contributed by atoms with Gasteiger partial charge in [0.2, 0.25) is 5.17 Å². The summed E-state index contributed by atoms with van der Waals surface area (Å²) in [4.78, 5) is 19.3. The molecule has 4 heterocycles. The minimum absolute atomic E-state index is 0.0815. The van der Waals surface area contributed by atoms with E-state index in [1.807, 2.05) is 6.92 Å². The molecule has 0 aliphatic carbocycles. The zero-order valence-corrected chi connectivity index (χ0v) is 19.6. The number of nitrogens with one attached hydrogen (secondary N) is 1. The lowest BCUT2D eigenvalue weighted by molar-refractivity contribution is -0.114. The molecule has 0 bridgehead atoms. The maximum Gasteiger partial charge on any atom is 0.283 e. The summed E-state index contributed by atoms with van der Waals surface area (Å²) in [5, 5.41) is 16.1. The number of amidine groups is 3. The number of aliphatic imine (C=N–C) groups is 1. The Bertz CT molecular complexity index is 1250. The number of amides is 1. The van der Waals surface area contributed by atoms with E-state index in [-0.39, 0.29) is 17.3 Å². The van der Waals surface area contributed by atoms with Crippen molar-refractivity contribution >= 4 is 39.9 Å². The number of benzene rings is 1. The molecule has 5 rings (SSSR count). The molecule has 0 radical (unpaired) electrons. The van der Waals surface area contributed by atoms with Crippen LogP contribution in [0.3, 0.4) is 0 Å². The summed E-state index contributed by atoms with van der Waals surface area (Å²) >= 11 is 1.38. The molecule has 8 heteroatoms. The van der Waals surface area contributed by atoms with E-state index in [0.717, 1.165) is 53.7 Å². The second kappa shape index (κ2) is 7.78. The van der Waals surface area contributed by atoms with Crippen LogP contribution < -0.4 is 0 Å². The Kier molecular flexibility index (Phi) is 5.04. The first kappa shape index (κ1) is 20.8. The van der Waals surface area contributed by atoms with Gasteiger partial charge in [-0.2, -0.15) is 10.0 Å². The summed E-state index contributed by atoms with van der Waals surface area (Å²) in [5.74, 6) is -0.305. The Labute approximate surface area is 192 Å². The average Bonchev–Trinajstić information content (AvgIpc) is 3.46. The summed E-state index contributed by atoms with van der Waals surface area (Å²) in [7, 11) is 0. The van der Waals surface area contributed by atoms with Gasteiger partial charge in [-0.3, -0.25) is 10.2 Å². The van der Waals surface area contributed by atoms with Crippen LogP contribution in [0.2, 0.25) is 0 Å². The molecule has 1 saturated heterocycles. The zero-order valence-electron chi connectivity index (χ0n) is 18.8. The van der Waals surface area contributed by atoms with Crippen molar-refractivity contribution in [1.82, 2.24) is 14.5 Å². The van der Waals surface area contributed by atoms with Gasteiger partial charge >= 0.3 is 0 Å². The van der Waals surface area contributed by atoms with Gasteiger partial charge in [0.05, 0.1) is 5.57 Å². The van der Waals surface area contributed by atoms with Crippen LogP contribution in [0.15, 0.2) is 39.9 Å². The number of nitrogens with zero attached hydrogens (tertiary/aromatic N) is 5. The van der Waals surface area contributed by atoms with Gasteiger partial charge < -0.3 is 9.47 Å². The number of thioether (sulfide) groups is 1.